The van der Waals surface area contributed by atoms with Gasteiger partial charge >= 0.3 is 0 Å². The number of hydrogen-bond acceptors (Lipinski definition) is 0. The van der Waals surface area contributed by atoms with Crippen molar-refractivity contribution in [2.45, 2.75) is 46.5 Å². The molecular weight excluding hydrogens is 134 g/mol. The molecule has 0 saturated heterocycles. The Bertz CT molecular complexity index is 71.3. The molecule has 0 heterocycles. The number of rotatable bonds is 7. The molecule has 1 atom stereocenters. The first-order valence-electron chi connectivity index (χ1n) is 4.94. The minimum atomic E-state index is 0.914. The van der Waals surface area contributed by atoms with Gasteiger partial charge in [-0.1, -0.05) is 40.0 Å². The van der Waals surface area contributed by atoms with E-state index in [1.165, 1.54) is 25.7 Å². The summed E-state index contributed by atoms with van der Waals surface area (Å²) in [6.07, 6.45) is 5.36. The highest BCUT2D eigenvalue weighted by Crippen LogP contribution is 2.10. The summed E-state index contributed by atoms with van der Waals surface area (Å²) in [4.78, 5) is 0. The third kappa shape index (κ3) is 7.86. The molecule has 0 fully saturated rings. The van der Waals surface area contributed by atoms with Crippen molar-refractivity contribution in [1.29, 1.82) is 0 Å². The van der Waals surface area contributed by atoms with E-state index < -0.39 is 0 Å². The van der Waals surface area contributed by atoms with Gasteiger partial charge in [-0.15, -0.1) is 0 Å². The maximum Gasteiger partial charge on any atom is 0.0133 e. The zero-order chi connectivity index (χ0) is 8.53. The molecule has 0 rings (SSSR count). The van der Waals surface area contributed by atoms with E-state index in [-0.39, 0.29) is 0 Å². The van der Waals surface area contributed by atoms with Crippen molar-refractivity contribution in [1.82, 2.24) is 5.32 Å². The fraction of sp³-hybridized carbons (Fsp3) is 1.00. The van der Waals surface area contributed by atoms with Crippen LogP contribution in [0.2, 0.25) is 0 Å². The Morgan fingerprint density at radius 1 is 1.18 bits per heavy atom. The summed E-state index contributed by atoms with van der Waals surface area (Å²) in [5.74, 6) is 0.914. The van der Waals surface area contributed by atoms with Crippen LogP contribution < -0.4 is 5.32 Å². The quantitative estimate of drug-likeness (QED) is 0.503. The first-order chi connectivity index (χ1) is 5.31. The van der Waals surface area contributed by atoms with Gasteiger partial charge in [-0.2, -0.15) is 0 Å². The topological polar surface area (TPSA) is 14.1 Å². The van der Waals surface area contributed by atoms with E-state index in [4.69, 9.17) is 0 Å². The van der Waals surface area contributed by atoms with Crippen molar-refractivity contribution in [2.75, 3.05) is 13.1 Å². The zero-order valence-electron chi connectivity index (χ0n) is 8.27. The summed E-state index contributed by atoms with van der Waals surface area (Å²) in [7, 11) is 0. The molecule has 0 amide bonds. The predicted molar refractivity (Wildman–Crippen MR) is 50.8 cm³/mol. The standard InChI is InChI=1S/C10H22N/c1-4-10(3)8-6-7-9-11-5-2/h10H,4-9H2,1-3H3. The molecule has 0 N–H and O–H groups in total. The highest BCUT2D eigenvalue weighted by atomic mass is 14.8. The van der Waals surface area contributed by atoms with Gasteiger partial charge in [0.2, 0.25) is 0 Å². The van der Waals surface area contributed by atoms with Crippen LogP contribution in [0.25, 0.3) is 0 Å². The van der Waals surface area contributed by atoms with Gasteiger partial charge in [0.15, 0.2) is 0 Å². The molecule has 0 spiro atoms. The van der Waals surface area contributed by atoms with Gasteiger partial charge in [0.05, 0.1) is 0 Å². The first-order valence-corrected chi connectivity index (χ1v) is 4.94. The molecule has 0 aliphatic carbocycles. The van der Waals surface area contributed by atoms with Crippen molar-refractivity contribution in [3.63, 3.8) is 0 Å². The number of unbranched alkanes of at least 4 members (excludes halogenated alkanes) is 1. The van der Waals surface area contributed by atoms with Crippen molar-refractivity contribution in [2.24, 2.45) is 5.92 Å². The summed E-state index contributed by atoms with van der Waals surface area (Å²) in [6, 6.07) is 0. The fourth-order valence-corrected chi connectivity index (χ4v) is 1.08. The van der Waals surface area contributed by atoms with E-state index in [1.54, 1.807) is 0 Å². The van der Waals surface area contributed by atoms with Gasteiger partial charge < -0.3 is 0 Å². The summed E-state index contributed by atoms with van der Waals surface area (Å²) in [6.45, 7) is 8.77. The molecule has 0 aromatic rings. The maximum atomic E-state index is 4.29. The molecule has 0 aliphatic rings. The molecule has 67 valence electrons. The Morgan fingerprint density at radius 3 is 2.45 bits per heavy atom. The second-order valence-corrected chi connectivity index (χ2v) is 3.27. The molecule has 1 nitrogen and oxygen atoms in total. The molecule has 11 heavy (non-hydrogen) atoms. The highest BCUT2D eigenvalue weighted by Gasteiger charge is 1.97. The second kappa shape index (κ2) is 8.06. The van der Waals surface area contributed by atoms with Gasteiger partial charge in [-0.25, -0.2) is 5.32 Å². The Hall–Kier alpha value is -0.0400. The maximum absolute atomic E-state index is 4.29. The Morgan fingerprint density at radius 2 is 1.91 bits per heavy atom. The molecule has 1 radical (unpaired) electrons. The highest BCUT2D eigenvalue weighted by molar-refractivity contribution is 4.51. The van der Waals surface area contributed by atoms with Gasteiger partial charge in [0.25, 0.3) is 0 Å². The third-order valence-corrected chi connectivity index (χ3v) is 2.18. The Balaban J connectivity index is 2.89. The normalized spacial score (nSPS) is 13.4. The number of hydrogen-bond donors (Lipinski definition) is 0. The van der Waals surface area contributed by atoms with Gasteiger partial charge in [0.1, 0.15) is 0 Å². The van der Waals surface area contributed by atoms with E-state index in [2.05, 4.69) is 26.1 Å². The summed E-state index contributed by atoms with van der Waals surface area (Å²) < 4.78 is 0. The summed E-state index contributed by atoms with van der Waals surface area (Å²) in [5, 5.41) is 4.29. The minimum Gasteiger partial charge on any atom is -0.242 e. The van der Waals surface area contributed by atoms with Crippen LogP contribution in [-0.4, -0.2) is 13.1 Å². The van der Waals surface area contributed by atoms with Crippen LogP contribution in [0.5, 0.6) is 0 Å². The fourth-order valence-electron chi connectivity index (χ4n) is 1.08. The largest absolute Gasteiger partial charge is 0.242 e. The van der Waals surface area contributed by atoms with Crippen molar-refractivity contribution in [3.05, 3.63) is 0 Å². The van der Waals surface area contributed by atoms with Crippen LogP contribution in [-0.2, 0) is 0 Å². The predicted octanol–water partition coefficient (Wildman–Crippen LogP) is 2.83. The lowest BCUT2D eigenvalue weighted by molar-refractivity contribution is 0.477. The van der Waals surface area contributed by atoms with E-state index in [0.29, 0.717) is 0 Å². The van der Waals surface area contributed by atoms with Crippen LogP contribution in [0, 0.1) is 5.92 Å². The van der Waals surface area contributed by atoms with E-state index >= 15 is 0 Å². The second-order valence-electron chi connectivity index (χ2n) is 3.27. The van der Waals surface area contributed by atoms with Crippen LogP contribution in [0.15, 0.2) is 0 Å². The number of nitrogens with zero attached hydrogens (tertiary/aromatic N) is 1. The monoisotopic (exact) mass is 156 g/mol. The molecule has 0 aromatic heterocycles. The van der Waals surface area contributed by atoms with Crippen LogP contribution in [0.4, 0.5) is 0 Å². The molecule has 1 unspecified atom stereocenters. The van der Waals surface area contributed by atoms with Gasteiger partial charge in [0, 0.05) is 13.1 Å². The minimum absolute atomic E-state index is 0.914. The van der Waals surface area contributed by atoms with E-state index in [0.717, 1.165) is 19.0 Å². The van der Waals surface area contributed by atoms with E-state index in [1.807, 2.05) is 0 Å². The third-order valence-electron chi connectivity index (χ3n) is 2.18. The summed E-state index contributed by atoms with van der Waals surface area (Å²) in [5.41, 5.74) is 0. The van der Waals surface area contributed by atoms with Gasteiger partial charge in [-0.3, -0.25) is 0 Å². The van der Waals surface area contributed by atoms with Crippen LogP contribution >= 0.6 is 0 Å². The molecule has 1 heteroatoms. The molecule has 0 aromatic carbocycles. The lowest BCUT2D eigenvalue weighted by atomic mass is 10.0. The molecule has 0 bridgehead atoms. The molecule has 0 aliphatic heterocycles. The van der Waals surface area contributed by atoms with Crippen molar-refractivity contribution < 1.29 is 0 Å². The molecular formula is C10H22N. The Labute approximate surface area is 71.6 Å². The van der Waals surface area contributed by atoms with Crippen LogP contribution in [0.1, 0.15) is 46.5 Å². The smallest absolute Gasteiger partial charge is 0.0133 e. The first kappa shape index (κ1) is 11.0. The average molecular weight is 156 g/mol. The Kier molecular flexibility index (Phi) is 8.03. The zero-order valence-corrected chi connectivity index (χ0v) is 8.27. The average Bonchev–Trinajstić information content (AvgIpc) is 2.04. The van der Waals surface area contributed by atoms with Crippen molar-refractivity contribution >= 4 is 0 Å². The SMILES string of the molecule is CC[N]CCCCC(C)CC. The summed E-state index contributed by atoms with van der Waals surface area (Å²) >= 11 is 0. The molecule has 0 saturated carbocycles. The lowest BCUT2D eigenvalue weighted by Gasteiger charge is -2.06. The lowest BCUT2D eigenvalue weighted by Crippen LogP contribution is -2.05. The van der Waals surface area contributed by atoms with Crippen LogP contribution in [0.3, 0.4) is 0 Å². The van der Waals surface area contributed by atoms with Gasteiger partial charge in [-0.05, 0) is 12.3 Å². The van der Waals surface area contributed by atoms with Crippen molar-refractivity contribution in [3.8, 4) is 0 Å². The van der Waals surface area contributed by atoms with E-state index in [9.17, 15) is 0 Å².